The van der Waals surface area contributed by atoms with Crippen molar-refractivity contribution in [2.75, 3.05) is 11.1 Å². The van der Waals surface area contributed by atoms with E-state index in [1.54, 1.807) is 42.6 Å². The van der Waals surface area contributed by atoms with Gasteiger partial charge in [-0.3, -0.25) is 4.79 Å². The van der Waals surface area contributed by atoms with Gasteiger partial charge < -0.3 is 16.8 Å². The zero-order valence-corrected chi connectivity index (χ0v) is 13.9. The molecule has 1 amide bonds. The van der Waals surface area contributed by atoms with Crippen molar-refractivity contribution in [2.45, 2.75) is 12.5 Å². The van der Waals surface area contributed by atoms with E-state index in [0.717, 1.165) is 5.56 Å². The fraction of sp³-hybridized carbons (Fsp3) is 0.105. The van der Waals surface area contributed by atoms with Gasteiger partial charge >= 0.3 is 0 Å². The van der Waals surface area contributed by atoms with Crippen LogP contribution in [-0.4, -0.2) is 21.9 Å². The van der Waals surface area contributed by atoms with Gasteiger partial charge in [-0.05, 0) is 29.8 Å². The fourth-order valence-corrected chi connectivity index (χ4v) is 2.58. The van der Waals surface area contributed by atoms with Gasteiger partial charge in [0.1, 0.15) is 11.9 Å². The van der Waals surface area contributed by atoms with Crippen LogP contribution in [0.25, 0.3) is 11.3 Å². The number of nitrogen functional groups attached to an aromatic ring is 1. The second kappa shape index (κ2) is 7.60. The SMILES string of the molecule is NC(=O)C(Cc1ccccc1F)Nc1ccc(-c2ccnc(N)n2)cc1. The van der Waals surface area contributed by atoms with Gasteiger partial charge in [0.15, 0.2) is 0 Å². The molecule has 0 aliphatic rings. The molecule has 0 aliphatic heterocycles. The number of carbonyl (C=O) groups is 1. The molecule has 7 heteroatoms. The highest BCUT2D eigenvalue weighted by atomic mass is 19.1. The average Bonchev–Trinajstić information content (AvgIpc) is 2.63. The Morgan fingerprint density at radius 1 is 1.12 bits per heavy atom. The number of aromatic nitrogens is 2. The molecule has 0 fully saturated rings. The maximum atomic E-state index is 13.8. The van der Waals surface area contributed by atoms with Crippen molar-refractivity contribution < 1.29 is 9.18 Å². The van der Waals surface area contributed by atoms with Crippen LogP contribution in [0.15, 0.2) is 60.8 Å². The molecule has 0 saturated heterocycles. The van der Waals surface area contributed by atoms with Crippen LogP contribution >= 0.6 is 0 Å². The minimum Gasteiger partial charge on any atom is -0.373 e. The molecule has 0 aliphatic carbocycles. The number of hydrogen-bond acceptors (Lipinski definition) is 5. The molecule has 0 spiro atoms. The Balaban J connectivity index is 1.75. The average molecular weight is 351 g/mol. The van der Waals surface area contributed by atoms with Gasteiger partial charge in [-0.1, -0.05) is 30.3 Å². The number of primary amides is 1. The van der Waals surface area contributed by atoms with Crippen LogP contribution in [0.4, 0.5) is 16.0 Å². The van der Waals surface area contributed by atoms with Gasteiger partial charge in [0.05, 0.1) is 5.69 Å². The highest BCUT2D eigenvalue weighted by molar-refractivity contribution is 5.83. The molecule has 0 saturated carbocycles. The third kappa shape index (κ3) is 4.13. The van der Waals surface area contributed by atoms with E-state index >= 15 is 0 Å². The summed E-state index contributed by atoms with van der Waals surface area (Å²) >= 11 is 0. The fourth-order valence-electron chi connectivity index (χ4n) is 2.58. The molecular formula is C19H18FN5O. The van der Waals surface area contributed by atoms with Crippen molar-refractivity contribution >= 4 is 17.5 Å². The van der Waals surface area contributed by atoms with Gasteiger partial charge in [-0.25, -0.2) is 14.4 Å². The van der Waals surface area contributed by atoms with Crippen molar-refractivity contribution in [1.82, 2.24) is 9.97 Å². The Morgan fingerprint density at radius 3 is 2.50 bits per heavy atom. The number of halogens is 1. The number of nitrogens with one attached hydrogen (secondary N) is 1. The molecule has 2 aromatic carbocycles. The lowest BCUT2D eigenvalue weighted by atomic mass is 10.0. The molecule has 132 valence electrons. The Morgan fingerprint density at radius 2 is 1.85 bits per heavy atom. The number of nitrogens with two attached hydrogens (primary N) is 2. The number of hydrogen-bond donors (Lipinski definition) is 3. The monoisotopic (exact) mass is 351 g/mol. The molecule has 1 heterocycles. The zero-order chi connectivity index (χ0) is 18.5. The summed E-state index contributed by atoms with van der Waals surface area (Å²) in [6.45, 7) is 0. The lowest BCUT2D eigenvalue weighted by Crippen LogP contribution is -2.37. The minimum absolute atomic E-state index is 0.159. The second-order valence-corrected chi connectivity index (χ2v) is 5.77. The van der Waals surface area contributed by atoms with E-state index in [1.165, 1.54) is 6.07 Å². The maximum absolute atomic E-state index is 13.8. The van der Waals surface area contributed by atoms with Gasteiger partial charge in [0.2, 0.25) is 11.9 Å². The number of amides is 1. The summed E-state index contributed by atoms with van der Waals surface area (Å²) in [7, 11) is 0. The summed E-state index contributed by atoms with van der Waals surface area (Å²) in [4.78, 5) is 19.8. The molecule has 3 rings (SSSR count). The van der Waals surface area contributed by atoms with Crippen molar-refractivity contribution in [3.8, 4) is 11.3 Å². The van der Waals surface area contributed by atoms with Gasteiger partial charge in [-0.15, -0.1) is 0 Å². The van der Waals surface area contributed by atoms with Crippen LogP contribution in [0, 0.1) is 5.82 Å². The first-order chi connectivity index (χ1) is 12.5. The molecule has 1 unspecified atom stereocenters. The molecule has 3 aromatic rings. The molecule has 1 aromatic heterocycles. The van der Waals surface area contributed by atoms with Crippen molar-refractivity contribution in [1.29, 1.82) is 0 Å². The highest BCUT2D eigenvalue weighted by Crippen LogP contribution is 2.21. The first-order valence-corrected chi connectivity index (χ1v) is 8.01. The van der Waals surface area contributed by atoms with Crippen LogP contribution in [-0.2, 0) is 11.2 Å². The van der Waals surface area contributed by atoms with Crippen molar-refractivity contribution in [3.63, 3.8) is 0 Å². The summed E-state index contributed by atoms with van der Waals surface area (Å²) in [5, 5.41) is 3.05. The molecule has 0 radical (unpaired) electrons. The number of rotatable bonds is 6. The smallest absolute Gasteiger partial charge is 0.240 e. The van der Waals surface area contributed by atoms with Gasteiger partial charge in [0, 0.05) is 23.9 Å². The summed E-state index contributed by atoms with van der Waals surface area (Å²) in [6.07, 6.45) is 1.74. The van der Waals surface area contributed by atoms with Crippen LogP contribution < -0.4 is 16.8 Å². The zero-order valence-electron chi connectivity index (χ0n) is 13.9. The van der Waals surface area contributed by atoms with E-state index in [9.17, 15) is 9.18 Å². The summed E-state index contributed by atoms with van der Waals surface area (Å²) in [6, 6.07) is 14.6. The van der Waals surface area contributed by atoms with E-state index in [0.29, 0.717) is 16.9 Å². The quantitative estimate of drug-likeness (QED) is 0.632. The third-order valence-corrected chi connectivity index (χ3v) is 3.92. The predicted molar refractivity (Wildman–Crippen MR) is 98.6 cm³/mol. The van der Waals surface area contributed by atoms with E-state index in [4.69, 9.17) is 11.5 Å². The molecule has 1 atom stereocenters. The second-order valence-electron chi connectivity index (χ2n) is 5.77. The predicted octanol–water partition coefficient (Wildman–Crippen LogP) is 2.37. The molecule has 5 N–H and O–H groups in total. The molecule has 26 heavy (non-hydrogen) atoms. The lowest BCUT2D eigenvalue weighted by Gasteiger charge is -2.17. The standard InChI is InChI=1S/C19H18FN5O/c20-15-4-2-1-3-13(15)11-17(18(21)26)24-14-7-5-12(6-8-14)16-9-10-23-19(22)25-16/h1-10,17,24H,11H2,(H2,21,26)(H2,22,23,25). The van der Waals surface area contributed by atoms with Gasteiger partial charge in [0.25, 0.3) is 0 Å². The first-order valence-electron chi connectivity index (χ1n) is 8.01. The molecule has 0 bridgehead atoms. The van der Waals surface area contributed by atoms with E-state index in [-0.39, 0.29) is 18.2 Å². The normalized spacial score (nSPS) is 11.7. The van der Waals surface area contributed by atoms with Crippen LogP contribution in [0.1, 0.15) is 5.56 Å². The summed E-state index contributed by atoms with van der Waals surface area (Å²) in [5.74, 6) is -0.721. The third-order valence-electron chi connectivity index (χ3n) is 3.92. The molecular weight excluding hydrogens is 333 g/mol. The highest BCUT2D eigenvalue weighted by Gasteiger charge is 2.17. The largest absolute Gasteiger partial charge is 0.373 e. The van der Waals surface area contributed by atoms with E-state index in [2.05, 4.69) is 15.3 Å². The van der Waals surface area contributed by atoms with Crippen LogP contribution in [0.5, 0.6) is 0 Å². The van der Waals surface area contributed by atoms with E-state index < -0.39 is 11.9 Å². The maximum Gasteiger partial charge on any atom is 0.240 e. The minimum atomic E-state index is -0.729. The van der Waals surface area contributed by atoms with Crippen molar-refractivity contribution in [3.05, 3.63) is 72.2 Å². The molecule has 6 nitrogen and oxygen atoms in total. The van der Waals surface area contributed by atoms with Crippen LogP contribution in [0.3, 0.4) is 0 Å². The Bertz CT molecular complexity index is 914. The number of carbonyl (C=O) groups excluding carboxylic acids is 1. The first kappa shape index (κ1) is 17.3. The summed E-state index contributed by atoms with van der Waals surface area (Å²) < 4.78 is 13.8. The van der Waals surface area contributed by atoms with Gasteiger partial charge in [-0.2, -0.15) is 0 Å². The number of anilines is 2. The topological polar surface area (TPSA) is 107 Å². The van der Waals surface area contributed by atoms with E-state index in [1.807, 2.05) is 12.1 Å². The lowest BCUT2D eigenvalue weighted by molar-refractivity contribution is -0.118. The Hall–Kier alpha value is -3.48. The Kier molecular flexibility index (Phi) is 5.07. The summed E-state index contributed by atoms with van der Waals surface area (Å²) in [5.41, 5.74) is 13.7. The number of benzene rings is 2. The van der Waals surface area contributed by atoms with Crippen LogP contribution in [0.2, 0.25) is 0 Å². The Labute approximate surface area is 150 Å². The number of nitrogens with zero attached hydrogens (tertiary/aromatic N) is 2. The van der Waals surface area contributed by atoms with Crippen molar-refractivity contribution in [2.24, 2.45) is 5.73 Å².